The number of carbonyl (C=O) groups excluding carboxylic acids is 1. The van der Waals surface area contributed by atoms with Crippen LogP contribution in [0.3, 0.4) is 0 Å². The Kier molecular flexibility index (Phi) is 3.66. The first-order chi connectivity index (χ1) is 10.2. The Bertz CT molecular complexity index is 799. The minimum Gasteiger partial charge on any atom is -0.298 e. The molecule has 0 aliphatic rings. The Morgan fingerprint density at radius 2 is 1.90 bits per heavy atom. The highest BCUT2D eigenvalue weighted by Crippen LogP contribution is 2.27. The van der Waals surface area contributed by atoms with E-state index in [-0.39, 0.29) is 0 Å². The molecule has 0 bridgehead atoms. The van der Waals surface area contributed by atoms with E-state index in [1.807, 2.05) is 30.3 Å². The molecule has 0 saturated heterocycles. The fourth-order valence-electron chi connectivity index (χ4n) is 2.08. The summed E-state index contributed by atoms with van der Waals surface area (Å²) in [5, 5.41) is 4.34. The van der Waals surface area contributed by atoms with E-state index in [0.29, 0.717) is 27.6 Å². The summed E-state index contributed by atoms with van der Waals surface area (Å²) in [6.07, 6.45) is 2.28. The highest BCUT2D eigenvalue weighted by atomic mass is 79.9. The third kappa shape index (κ3) is 2.64. The van der Waals surface area contributed by atoms with Crippen LogP contribution in [-0.4, -0.2) is 16.1 Å². The first-order valence-electron chi connectivity index (χ1n) is 6.25. The minimum absolute atomic E-state index is 0.301. The van der Waals surface area contributed by atoms with E-state index in [4.69, 9.17) is 0 Å². The van der Waals surface area contributed by atoms with Crippen LogP contribution in [0, 0.1) is 5.82 Å². The second-order valence-electron chi connectivity index (χ2n) is 4.46. The van der Waals surface area contributed by atoms with Gasteiger partial charge in [-0.3, -0.25) is 4.79 Å². The fourth-order valence-corrected chi connectivity index (χ4v) is 2.41. The van der Waals surface area contributed by atoms with E-state index in [9.17, 15) is 9.18 Å². The van der Waals surface area contributed by atoms with Gasteiger partial charge in [-0.15, -0.1) is 0 Å². The number of halogens is 2. The van der Waals surface area contributed by atoms with Gasteiger partial charge in [0.2, 0.25) is 0 Å². The van der Waals surface area contributed by atoms with Crippen LogP contribution in [0.15, 0.2) is 59.2 Å². The number of aldehydes is 1. The van der Waals surface area contributed by atoms with Gasteiger partial charge in [-0.05, 0) is 30.3 Å². The van der Waals surface area contributed by atoms with Gasteiger partial charge in [0.1, 0.15) is 11.5 Å². The maximum atomic E-state index is 14.1. The second kappa shape index (κ2) is 5.61. The van der Waals surface area contributed by atoms with E-state index in [0.717, 1.165) is 5.69 Å². The third-order valence-corrected chi connectivity index (χ3v) is 3.57. The number of rotatable bonds is 3. The molecular formula is C16H10BrFN2O. The van der Waals surface area contributed by atoms with Gasteiger partial charge in [-0.2, -0.15) is 5.10 Å². The molecule has 1 aromatic heterocycles. The Morgan fingerprint density at radius 1 is 1.14 bits per heavy atom. The normalized spacial score (nSPS) is 10.6. The molecule has 0 radical (unpaired) electrons. The SMILES string of the molecule is O=Cc1cn(-c2ccccc2)nc1-c1ccc(Br)cc1F. The van der Waals surface area contributed by atoms with Crippen LogP contribution in [0.4, 0.5) is 4.39 Å². The van der Waals surface area contributed by atoms with Crippen molar-refractivity contribution >= 4 is 22.2 Å². The molecule has 104 valence electrons. The Hall–Kier alpha value is -2.27. The predicted molar refractivity (Wildman–Crippen MR) is 82.0 cm³/mol. The van der Waals surface area contributed by atoms with E-state index in [1.54, 1.807) is 23.0 Å². The number of benzene rings is 2. The van der Waals surface area contributed by atoms with E-state index in [1.165, 1.54) is 6.07 Å². The molecule has 0 saturated carbocycles. The van der Waals surface area contributed by atoms with E-state index >= 15 is 0 Å². The maximum Gasteiger partial charge on any atom is 0.153 e. The maximum absolute atomic E-state index is 14.1. The Labute approximate surface area is 129 Å². The Balaban J connectivity index is 2.15. The van der Waals surface area contributed by atoms with Crippen LogP contribution in [-0.2, 0) is 0 Å². The van der Waals surface area contributed by atoms with Gasteiger partial charge in [0, 0.05) is 16.2 Å². The van der Waals surface area contributed by atoms with Crippen LogP contribution < -0.4 is 0 Å². The Morgan fingerprint density at radius 3 is 2.57 bits per heavy atom. The molecule has 3 aromatic rings. The molecule has 0 spiro atoms. The zero-order valence-corrected chi connectivity index (χ0v) is 12.4. The summed E-state index contributed by atoms with van der Waals surface area (Å²) in [7, 11) is 0. The molecule has 0 atom stereocenters. The number of hydrogen-bond acceptors (Lipinski definition) is 2. The van der Waals surface area contributed by atoms with Gasteiger partial charge in [0.15, 0.2) is 6.29 Å². The van der Waals surface area contributed by atoms with Crippen molar-refractivity contribution in [1.29, 1.82) is 0 Å². The number of aromatic nitrogens is 2. The van der Waals surface area contributed by atoms with Crippen molar-refractivity contribution in [2.24, 2.45) is 0 Å². The number of nitrogens with zero attached hydrogens (tertiary/aromatic N) is 2. The lowest BCUT2D eigenvalue weighted by molar-refractivity contribution is 0.112. The number of hydrogen-bond donors (Lipinski definition) is 0. The first-order valence-corrected chi connectivity index (χ1v) is 7.04. The average Bonchev–Trinajstić information content (AvgIpc) is 2.92. The second-order valence-corrected chi connectivity index (χ2v) is 5.37. The minimum atomic E-state index is -0.425. The largest absolute Gasteiger partial charge is 0.298 e. The molecule has 5 heteroatoms. The summed E-state index contributed by atoms with van der Waals surface area (Å²) in [6.45, 7) is 0. The summed E-state index contributed by atoms with van der Waals surface area (Å²) in [5.41, 5.74) is 1.79. The lowest BCUT2D eigenvalue weighted by Gasteiger charge is -2.02. The number of para-hydroxylation sites is 1. The van der Waals surface area contributed by atoms with Gasteiger partial charge in [-0.1, -0.05) is 34.1 Å². The molecule has 21 heavy (non-hydrogen) atoms. The van der Waals surface area contributed by atoms with Crippen LogP contribution >= 0.6 is 15.9 Å². The highest BCUT2D eigenvalue weighted by molar-refractivity contribution is 9.10. The molecular weight excluding hydrogens is 335 g/mol. The summed E-state index contributed by atoms with van der Waals surface area (Å²) < 4.78 is 16.3. The first kappa shape index (κ1) is 13.7. The van der Waals surface area contributed by atoms with Gasteiger partial charge in [0.05, 0.1) is 11.3 Å². The van der Waals surface area contributed by atoms with Gasteiger partial charge in [0.25, 0.3) is 0 Å². The summed E-state index contributed by atoms with van der Waals surface area (Å²) in [4.78, 5) is 11.2. The molecule has 0 aliphatic heterocycles. The zero-order valence-electron chi connectivity index (χ0n) is 10.8. The lowest BCUT2D eigenvalue weighted by Crippen LogP contribution is -1.94. The van der Waals surface area contributed by atoms with Crippen molar-refractivity contribution in [1.82, 2.24) is 9.78 Å². The van der Waals surface area contributed by atoms with Gasteiger partial charge < -0.3 is 0 Å². The van der Waals surface area contributed by atoms with Crippen molar-refractivity contribution in [3.05, 3.63) is 70.6 Å². The van der Waals surface area contributed by atoms with Crippen molar-refractivity contribution in [3.8, 4) is 16.9 Å². The van der Waals surface area contributed by atoms with Crippen LogP contribution in [0.5, 0.6) is 0 Å². The summed E-state index contributed by atoms with van der Waals surface area (Å²) >= 11 is 3.21. The molecule has 0 fully saturated rings. The summed E-state index contributed by atoms with van der Waals surface area (Å²) in [6, 6.07) is 14.0. The van der Waals surface area contributed by atoms with E-state index < -0.39 is 5.82 Å². The monoisotopic (exact) mass is 344 g/mol. The molecule has 1 heterocycles. The molecule has 3 rings (SSSR count). The van der Waals surface area contributed by atoms with Crippen molar-refractivity contribution in [3.63, 3.8) is 0 Å². The smallest absolute Gasteiger partial charge is 0.153 e. The quantitative estimate of drug-likeness (QED) is 0.665. The van der Waals surface area contributed by atoms with Gasteiger partial charge in [-0.25, -0.2) is 9.07 Å². The standard InChI is InChI=1S/C16H10BrFN2O/c17-12-6-7-14(15(18)8-12)16-11(10-21)9-20(19-16)13-4-2-1-3-5-13/h1-10H. The predicted octanol–water partition coefficient (Wildman–Crippen LogP) is 4.25. The highest BCUT2D eigenvalue weighted by Gasteiger charge is 2.15. The van der Waals surface area contributed by atoms with Crippen LogP contribution in [0.1, 0.15) is 10.4 Å². The molecule has 2 aromatic carbocycles. The van der Waals surface area contributed by atoms with Crippen molar-refractivity contribution in [2.75, 3.05) is 0 Å². The summed E-state index contributed by atoms with van der Waals surface area (Å²) in [5.74, 6) is -0.425. The van der Waals surface area contributed by atoms with Crippen LogP contribution in [0.2, 0.25) is 0 Å². The molecule has 0 aliphatic carbocycles. The average molecular weight is 345 g/mol. The lowest BCUT2D eigenvalue weighted by atomic mass is 10.1. The van der Waals surface area contributed by atoms with Crippen LogP contribution in [0.25, 0.3) is 16.9 Å². The third-order valence-electron chi connectivity index (χ3n) is 3.08. The molecule has 0 N–H and O–H groups in total. The number of carbonyl (C=O) groups is 1. The molecule has 3 nitrogen and oxygen atoms in total. The molecule has 0 amide bonds. The fraction of sp³-hybridized carbons (Fsp3) is 0. The topological polar surface area (TPSA) is 34.9 Å². The van der Waals surface area contributed by atoms with Gasteiger partial charge >= 0.3 is 0 Å². The zero-order chi connectivity index (χ0) is 14.8. The molecule has 0 unspecified atom stereocenters. The van der Waals surface area contributed by atoms with Crippen molar-refractivity contribution in [2.45, 2.75) is 0 Å². The van der Waals surface area contributed by atoms with Crippen molar-refractivity contribution < 1.29 is 9.18 Å². The van der Waals surface area contributed by atoms with E-state index in [2.05, 4.69) is 21.0 Å².